The van der Waals surface area contributed by atoms with Gasteiger partial charge in [-0.15, -0.1) is 0 Å². The predicted octanol–water partition coefficient (Wildman–Crippen LogP) is 1.06. The number of para-hydroxylation sites is 1. The Morgan fingerprint density at radius 1 is 1.23 bits per heavy atom. The van der Waals surface area contributed by atoms with Gasteiger partial charge in [0.25, 0.3) is 5.69 Å². The number of carbonyl (C=O) groups is 2. The van der Waals surface area contributed by atoms with E-state index in [4.69, 9.17) is 0 Å². The lowest BCUT2D eigenvalue weighted by atomic mass is 10.1. The number of nitro groups is 1. The summed E-state index contributed by atoms with van der Waals surface area (Å²) in [6, 6.07) is 5.99. The molecular weight excluding hydrogens is 288 g/mol. The Hall–Kier alpha value is -2.77. The molecule has 22 heavy (non-hydrogen) atoms. The second kappa shape index (κ2) is 7.30. The summed E-state index contributed by atoms with van der Waals surface area (Å²) < 4.78 is 0. The molecule has 0 spiro atoms. The second-order valence-corrected chi connectivity index (χ2v) is 4.87. The van der Waals surface area contributed by atoms with Crippen LogP contribution in [0.25, 0.3) is 0 Å². The molecule has 2 rings (SSSR count). The van der Waals surface area contributed by atoms with Crippen LogP contribution in [0.3, 0.4) is 0 Å². The molecule has 0 bridgehead atoms. The number of benzene rings is 1. The minimum atomic E-state index is -0.836. The van der Waals surface area contributed by atoms with Crippen molar-refractivity contribution in [3.8, 4) is 0 Å². The molecule has 8 nitrogen and oxygen atoms in total. The fraction of sp³-hybridized carbons (Fsp3) is 0.357. The van der Waals surface area contributed by atoms with Gasteiger partial charge in [-0.3, -0.25) is 19.7 Å². The van der Waals surface area contributed by atoms with Crippen molar-refractivity contribution >= 4 is 23.7 Å². The van der Waals surface area contributed by atoms with Crippen LogP contribution in [0.1, 0.15) is 24.8 Å². The molecule has 8 heteroatoms. The molecule has 0 aliphatic carbocycles. The Bertz CT molecular complexity index is 609. The first-order valence-corrected chi connectivity index (χ1v) is 6.95. The summed E-state index contributed by atoms with van der Waals surface area (Å²) in [5.41, 5.74) is 2.24. The van der Waals surface area contributed by atoms with Gasteiger partial charge in [-0.1, -0.05) is 12.1 Å². The molecule has 1 aromatic carbocycles. The summed E-state index contributed by atoms with van der Waals surface area (Å²) in [4.78, 5) is 35.3. The van der Waals surface area contributed by atoms with Gasteiger partial charge in [0, 0.05) is 19.2 Å². The molecule has 1 saturated heterocycles. The van der Waals surface area contributed by atoms with E-state index < -0.39 is 16.7 Å². The van der Waals surface area contributed by atoms with Crippen molar-refractivity contribution in [1.29, 1.82) is 0 Å². The Morgan fingerprint density at radius 2 is 1.91 bits per heavy atom. The molecule has 1 fully saturated rings. The number of nitro benzene ring substituents is 1. The minimum Gasteiger partial charge on any atom is -0.334 e. The first kappa shape index (κ1) is 15.6. The maximum Gasteiger partial charge on any atom is 0.329 e. The zero-order chi connectivity index (χ0) is 15.9. The topological polar surface area (TPSA) is 105 Å². The molecule has 0 unspecified atom stereocenters. The SMILES string of the molecule is O=C(N/N=C/c1ccccc1[N+](=O)[O-])C(=O)N1CCCCC1. The number of rotatable bonds is 3. The minimum absolute atomic E-state index is 0.122. The van der Waals surface area contributed by atoms with Gasteiger partial charge in [-0.25, -0.2) is 5.43 Å². The number of hydrazone groups is 1. The predicted molar refractivity (Wildman–Crippen MR) is 79.3 cm³/mol. The smallest absolute Gasteiger partial charge is 0.329 e. The Balaban J connectivity index is 1.96. The number of carbonyl (C=O) groups excluding carboxylic acids is 2. The van der Waals surface area contributed by atoms with Crippen molar-refractivity contribution in [3.63, 3.8) is 0 Å². The molecule has 1 aromatic rings. The van der Waals surface area contributed by atoms with E-state index in [1.807, 2.05) is 0 Å². The average molecular weight is 304 g/mol. The lowest BCUT2D eigenvalue weighted by Gasteiger charge is -2.25. The van der Waals surface area contributed by atoms with E-state index in [-0.39, 0.29) is 11.3 Å². The summed E-state index contributed by atoms with van der Waals surface area (Å²) in [5, 5.41) is 14.5. The van der Waals surface area contributed by atoms with Gasteiger partial charge < -0.3 is 4.90 Å². The maximum absolute atomic E-state index is 11.8. The number of piperidine rings is 1. The van der Waals surface area contributed by atoms with Crippen molar-refractivity contribution in [2.75, 3.05) is 13.1 Å². The number of hydrogen-bond donors (Lipinski definition) is 1. The number of nitrogens with zero attached hydrogens (tertiary/aromatic N) is 3. The third-order valence-corrected chi connectivity index (χ3v) is 3.34. The van der Waals surface area contributed by atoms with Gasteiger partial charge in [0.1, 0.15) is 0 Å². The third kappa shape index (κ3) is 3.87. The number of amides is 2. The van der Waals surface area contributed by atoms with Gasteiger partial charge in [0.2, 0.25) is 0 Å². The highest BCUT2D eigenvalue weighted by molar-refractivity contribution is 6.35. The van der Waals surface area contributed by atoms with E-state index in [0.717, 1.165) is 25.5 Å². The van der Waals surface area contributed by atoms with Crippen LogP contribution in [0.4, 0.5) is 5.69 Å². The number of likely N-dealkylation sites (tertiary alicyclic amines) is 1. The van der Waals surface area contributed by atoms with Gasteiger partial charge >= 0.3 is 11.8 Å². The van der Waals surface area contributed by atoms with Crippen molar-refractivity contribution in [3.05, 3.63) is 39.9 Å². The Kier molecular flexibility index (Phi) is 5.18. The monoisotopic (exact) mass is 304 g/mol. The zero-order valence-corrected chi connectivity index (χ0v) is 11.9. The maximum atomic E-state index is 11.8. The van der Waals surface area contributed by atoms with E-state index in [9.17, 15) is 19.7 Å². The fourth-order valence-corrected chi connectivity index (χ4v) is 2.21. The van der Waals surface area contributed by atoms with E-state index in [1.165, 1.54) is 23.1 Å². The van der Waals surface area contributed by atoms with Crippen molar-refractivity contribution in [2.24, 2.45) is 5.10 Å². The van der Waals surface area contributed by atoms with Crippen LogP contribution < -0.4 is 5.43 Å². The van der Waals surface area contributed by atoms with E-state index in [2.05, 4.69) is 10.5 Å². The highest BCUT2D eigenvalue weighted by Gasteiger charge is 2.22. The summed E-state index contributed by atoms with van der Waals surface area (Å²) in [6.45, 7) is 1.14. The lowest BCUT2D eigenvalue weighted by Crippen LogP contribution is -2.43. The van der Waals surface area contributed by atoms with E-state index in [1.54, 1.807) is 6.07 Å². The van der Waals surface area contributed by atoms with Crippen LogP contribution in [0.2, 0.25) is 0 Å². The van der Waals surface area contributed by atoms with Crippen LogP contribution in [-0.2, 0) is 9.59 Å². The molecule has 1 aliphatic heterocycles. The largest absolute Gasteiger partial charge is 0.334 e. The third-order valence-electron chi connectivity index (χ3n) is 3.34. The first-order chi connectivity index (χ1) is 10.6. The van der Waals surface area contributed by atoms with Crippen molar-refractivity contribution in [1.82, 2.24) is 10.3 Å². The second-order valence-electron chi connectivity index (χ2n) is 4.87. The molecule has 0 radical (unpaired) electrons. The van der Waals surface area contributed by atoms with Crippen LogP contribution in [0.5, 0.6) is 0 Å². The standard InChI is InChI=1S/C14H16N4O4/c19-13(14(20)17-8-4-1-5-9-17)16-15-10-11-6-2-3-7-12(11)18(21)22/h2-3,6-7,10H,1,4-5,8-9H2,(H,16,19)/b15-10+. The molecule has 116 valence electrons. The highest BCUT2D eigenvalue weighted by Crippen LogP contribution is 2.15. The summed E-state index contributed by atoms with van der Waals surface area (Å²) >= 11 is 0. The van der Waals surface area contributed by atoms with Crippen molar-refractivity contribution < 1.29 is 14.5 Å². The molecule has 1 N–H and O–H groups in total. The van der Waals surface area contributed by atoms with Crippen LogP contribution >= 0.6 is 0 Å². The van der Waals surface area contributed by atoms with E-state index >= 15 is 0 Å². The molecule has 0 saturated carbocycles. The van der Waals surface area contributed by atoms with E-state index in [0.29, 0.717) is 13.1 Å². The zero-order valence-electron chi connectivity index (χ0n) is 11.9. The van der Waals surface area contributed by atoms with Crippen LogP contribution in [0.15, 0.2) is 29.4 Å². The van der Waals surface area contributed by atoms with Crippen LogP contribution in [0, 0.1) is 10.1 Å². The molecule has 1 heterocycles. The molecular formula is C14H16N4O4. The van der Waals surface area contributed by atoms with Crippen molar-refractivity contribution in [2.45, 2.75) is 19.3 Å². The van der Waals surface area contributed by atoms with Gasteiger partial charge in [0.05, 0.1) is 16.7 Å². The number of nitrogens with one attached hydrogen (secondary N) is 1. The fourth-order valence-electron chi connectivity index (χ4n) is 2.21. The molecule has 0 atom stereocenters. The quantitative estimate of drug-likeness (QED) is 0.390. The molecule has 2 amide bonds. The average Bonchev–Trinajstić information content (AvgIpc) is 2.55. The Morgan fingerprint density at radius 3 is 2.59 bits per heavy atom. The van der Waals surface area contributed by atoms with Crippen LogP contribution in [-0.4, -0.2) is 40.9 Å². The Labute approximate surface area is 126 Å². The summed E-state index contributed by atoms with van der Waals surface area (Å²) in [6.07, 6.45) is 3.98. The lowest BCUT2D eigenvalue weighted by molar-refractivity contribution is -0.385. The first-order valence-electron chi connectivity index (χ1n) is 6.95. The van der Waals surface area contributed by atoms with Gasteiger partial charge in [-0.2, -0.15) is 5.10 Å². The number of hydrogen-bond acceptors (Lipinski definition) is 5. The van der Waals surface area contributed by atoms with Gasteiger partial charge in [-0.05, 0) is 25.3 Å². The van der Waals surface area contributed by atoms with Gasteiger partial charge in [0.15, 0.2) is 0 Å². The highest BCUT2D eigenvalue weighted by atomic mass is 16.6. The normalized spacial score (nSPS) is 14.8. The summed E-state index contributed by atoms with van der Waals surface area (Å²) in [7, 11) is 0. The molecule has 1 aliphatic rings. The summed E-state index contributed by atoms with van der Waals surface area (Å²) in [5.74, 6) is -1.46. The molecule has 0 aromatic heterocycles.